The SMILES string of the molecule is CC(C)CN(CC1CC1)[C@@H](CN)C(=O)Nc1ccc(N2CCOCC2=O)cc1C(F)F. The van der Waals surface area contributed by atoms with E-state index in [2.05, 4.69) is 24.1 Å². The van der Waals surface area contributed by atoms with Crippen molar-refractivity contribution in [2.45, 2.75) is 39.2 Å². The number of morpholine rings is 1. The molecule has 1 saturated heterocycles. The molecule has 2 aliphatic rings. The first-order chi connectivity index (χ1) is 14.8. The molecule has 1 saturated carbocycles. The van der Waals surface area contributed by atoms with Crippen molar-refractivity contribution in [3.63, 3.8) is 0 Å². The van der Waals surface area contributed by atoms with Crippen molar-refractivity contribution < 1.29 is 23.1 Å². The highest BCUT2D eigenvalue weighted by atomic mass is 19.3. The molecule has 1 aromatic rings. The fourth-order valence-corrected chi connectivity index (χ4v) is 3.87. The minimum Gasteiger partial charge on any atom is -0.370 e. The van der Waals surface area contributed by atoms with Gasteiger partial charge in [-0.05, 0) is 42.9 Å². The Labute approximate surface area is 181 Å². The summed E-state index contributed by atoms with van der Waals surface area (Å²) in [5, 5.41) is 2.66. The van der Waals surface area contributed by atoms with Crippen LogP contribution in [-0.2, 0) is 14.3 Å². The summed E-state index contributed by atoms with van der Waals surface area (Å²) in [6, 6.07) is 3.67. The van der Waals surface area contributed by atoms with E-state index >= 15 is 0 Å². The molecule has 31 heavy (non-hydrogen) atoms. The second kappa shape index (κ2) is 10.5. The van der Waals surface area contributed by atoms with Crippen LogP contribution < -0.4 is 16.0 Å². The van der Waals surface area contributed by atoms with Crippen LogP contribution in [0.15, 0.2) is 18.2 Å². The molecular formula is C22H32F2N4O3. The Kier molecular flexibility index (Phi) is 7.96. The van der Waals surface area contributed by atoms with Crippen LogP contribution in [0.3, 0.4) is 0 Å². The molecule has 0 radical (unpaired) electrons. The average Bonchev–Trinajstić information content (AvgIpc) is 3.52. The standard InChI is InChI=1S/C22H32F2N4O3/c1-14(2)11-27(12-15-3-4-15)19(10-25)22(30)26-18-6-5-16(9-17(18)21(23)24)28-7-8-31-13-20(28)29/h5-6,9,14-15,19,21H,3-4,7-8,10-13,25H2,1-2H3,(H,26,30)/t19-/m0/s1. The van der Waals surface area contributed by atoms with Gasteiger partial charge in [-0.2, -0.15) is 0 Å². The van der Waals surface area contributed by atoms with Gasteiger partial charge in [0.2, 0.25) is 5.91 Å². The molecule has 0 bridgehead atoms. The van der Waals surface area contributed by atoms with Gasteiger partial charge in [-0.25, -0.2) is 8.78 Å². The Morgan fingerprint density at radius 1 is 1.35 bits per heavy atom. The highest BCUT2D eigenvalue weighted by Gasteiger charge is 2.32. The topological polar surface area (TPSA) is 87.9 Å². The summed E-state index contributed by atoms with van der Waals surface area (Å²) in [4.78, 5) is 28.6. The number of carbonyl (C=O) groups is 2. The third kappa shape index (κ3) is 6.21. The molecule has 2 fully saturated rings. The van der Waals surface area contributed by atoms with Crippen molar-refractivity contribution in [2.24, 2.45) is 17.6 Å². The van der Waals surface area contributed by atoms with Crippen LogP contribution in [0.25, 0.3) is 0 Å². The van der Waals surface area contributed by atoms with Crippen molar-refractivity contribution in [3.05, 3.63) is 23.8 Å². The van der Waals surface area contributed by atoms with Crippen molar-refractivity contribution in [3.8, 4) is 0 Å². The van der Waals surface area contributed by atoms with Gasteiger partial charge in [0, 0.05) is 43.1 Å². The maximum absolute atomic E-state index is 13.8. The lowest BCUT2D eigenvalue weighted by Gasteiger charge is -2.32. The van der Waals surface area contributed by atoms with Crippen molar-refractivity contribution in [1.82, 2.24) is 4.90 Å². The zero-order valence-electron chi connectivity index (χ0n) is 18.2. The Morgan fingerprint density at radius 3 is 2.68 bits per heavy atom. The summed E-state index contributed by atoms with van der Waals surface area (Å²) in [6.07, 6.45) is -0.517. The molecule has 1 heterocycles. The summed E-state index contributed by atoms with van der Waals surface area (Å²) in [5.41, 5.74) is 6.02. The van der Waals surface area contributed by atoms with E-state index in [1.165, 1.54) is 17.0 Å². The van der Waals surface area contributed by atoms with Crippen molar-refractivity contribution in [1.29, 1.82) is 0 Å². The number of nitrogens with one attached hydrogen (secondary N) is 1. The van der Waals surface area contributed by atoms with Gasteiger partial charge in [0.05, 0.1) is 6.61 Å². The monoisotopic (exact) mass is 438 g/mol. The van der Waals surface area contributed by atoms with E-state index in [9.17, 15) is 18.4 Å². The lowest BCUT2D eigenvalue weighted by molar-refractivity contribution is -0.125. The fraction of sp³-hybridized carbons (Fsp3) is 0.636. The third-order valence-corrected chi connectivity index (χ3v) is 5.58. The highest BCUT2D eigenvalue weighted by molar-refractivity contribution is 5.97. The zero-order valence-corrected chi connectivity index (χ0v) is 18.2. The van der Waals surface area contributed by atoms with Gasteiger partial charge in [-0.15, -0.1) is 0 Å². The minimum atomic E-state index is -2.80. The maximum atomic E-state index is 13.8. The number of anilines is 2. The molecule has 9 heteroatoms. The molecule has 172 valence electrons. The van der Waals surface area contributed by atoms with E-state index in [0.717, 1.165) is 19.4 Å². The second-order valence-corrected chi connectivity index (χ2v) is 8.70. The van der Waals surface area contributed by atoms with E-state index in [1.54, 1.807) is 6.07 Å². The smallest absolute Gasteiger partial charge is 0.265 e. The zero-order chi connectivity index (χ0) is 22.5. The predicted octanol–water partition coefficient (Wildman–Crippen LogP) is 2.62. The number of nitrogens with two attached hydrogens (primary N) is 1. The first-order valence-electron chi connectivity index (χ1n) is 10.8. The Bertz CT molecular complexity index is 782. The van der Waals surface area contributed by atoms with Crippen LogP contribution in [0.5, 0.6) is 0 Å². The summed E-state index contributed by atoms with van der Waals surface area (Å²) in [6.45, 7) is 6.33. The van der Waals surface area contributed by atoms with Gasteiger partial charge in [0.25, 0.3) is 12.3 Å². The maximum Gasteiger partial charge on any atom is 0.265 e. The lowest BCUT2D eigenvalue weighted by Crippen LogP contribution is -2.50. The molecular weight excluding hydrogens is 406 g/mol. The van der Waals surface area contributed by atoms with Gasteiger partial charge in [0.1, 0.15) is 12.6 Å². The molecule has 7 nitrogen and oxygen atoms in total. The third-order valence-electron chi connectivity index (χ3n) is 5.58. The van der Waals surface area contributed by atoms with Crippen molar-refractivity contribution >= 4 is 23.2 Å². The first kappa shape index (κ1) is 23.6. The van der Waals surface area contributed by atoms with Gasteiger partial charge in [0.15, 0.2) is 0 Å². The lowest BCUT2D eigenvalue weighted by atomic mass is 10.1. The van der Waals surface area contributed by atoms with Crippen LogP contribution in [0.1, 0.15) is 38.7 Å². The number of nitrogens with zero attached hydrogens (tertiary/aromatic N) is 2. The number of alkyl halides is 2. The molecule has 1 aromatic carbocycles. The molecule has 0 aromatic heterocycles. The van der Waals surface area contributed by atoms with Crippen LogP contribution >= 0.6 is 0 Å². The summed E-state index contributed by atoms with van der Waals surface area (Å²) >= 11 is 0. The minimum absolute atomic E-state index is 0.0406. The highest BCUT2D eigenvalue weighted by Crippen LogP contribution is 2.33. The number of halogens is 2. The van der Waals surface area contributed by atoms with Gasteiger partial charge < -0.3 is 20.7 Å². The summed E-state index contributed by atoms with van der Waals surface area (Å²) in [5.74, 6) is 0.252. The van der Waals surface area contributed by atoms with Gasteiger partial charge in [-0.3, -0.25) is 14.5 Å². The number of ether oxygens (including phenoxy) is 1. The number of hydrogen-bond donors (Lipinski definition) is 2. The first-order valence-corrected chi connectivity index (χ1v) is 10.8. The number of amides is 2. The quantitative estimate of drug-likeness (QED) is 0.586. The average molecular weight is 439 g/mol. The summed E-state index contributed by atoms with van der Waals surface area (Å²) < 4.78 is 32.7. The molecule has 0 unspecified atom stereocenters. The van der Waals surface area contributed by atoms with E-state index in [-0.39, 0.29) is 36.2 Å². The Morgan fingerprint density at radius 2 is 2.10 bits per heavy atom. The van der Waals surface area contributed by atoms with Crippen LogP contribution in [0.4, 0.5) is 20.2 Å². The molecule has 3 N–H and O–H groups in total. The Balaban J connectivity index is 1.78. The summed E-state index contributed by atoms with van der Waals surface area (Å²) in [7, 11) is 0. The van der Waals surface area contributed by atoms with E-state index in [1.807, 2.05) is 0 Å². The van der Waals surface area contributed by atoms with E-state index < -0.39 is 12.5 Å². The molecule has 1 aliphatic carbocycles. The Hall–Kier alpha value is -2.10. The largest absolute Gasteiger partial charge is 0.370 e. The van der Waals surface area contributed by atoms with Crippen molar-refractivity contribution in [2.75, 3.05) is 49.6 Å². The van der Waals surface area contributed by atoms with E-state index in [0.29, 0.717) is 37.2 Å². The molecule has 3 rings (SSSR count). The number of benzene rings is 1. The number of hydrogen-bond acceptors (Lipinski definition) is 5. The molecule has 0 spiro atoms. The molecule has 2 amide bonds. The molecule has 1 atom stereocenters. The molecule has 1 aliphatic heterocycles. The van der Waals surface area contributed by atoms with E-state index in [4.69, 9.17) is 10.5 Å². The number of rotatable bonds is 10. The van der Waals surface area contributed by atoms with Gasteiger partial charge in [-0.1, -0.05) is 13.8 Å². The van der Waals surface area contributed by atoms with Crippen LogP contribution in [0, 0.1) is 11.8 Å². The fourth-order valence-electron chi connectivity index (χ4n) is 3.87. The second-order valence-electron chi connectivity index (χ2n) is 8.70. The van der Waals surface area contributed by atoms with Crippen LogP contribution in [0.2, 0.25) is 0 Å². The predicted molar refractivity (Wildman–Crippen MR) is 115 cm³/mol. The normalized spacial score (nSPS) is 18.2. The van der Waals surface area contributed by atoms with Crippen LogP contribution in [-0.4, -0.2) is 62.1 Å². The van der Waals surface area contributed by atoms with Gasteiger partial charge >= 0.3 is 0 Å². The number of carbonyl (C=O) groups excluding carboxylic acids is 2.